The number of aromatic hydroxyl groups is 1. The number of aryl methyl sites for hydroxylation is 1. The summed E-state index contributed by atoms with van der Waals surface area (Å²) in [5, 5.41) is 17.6. The molecule has 0 saturated carbocycles. The molecule has 9 heteroatoms. The molecule has 8 nitrogen and oxygen atoms in total. The van der Waals surface area contributed by atoms with E-state index in [-0.39, 0.29) is 22.0 Å². The van der Waals surface area contributed by atoms with Crippen LogP contribution in [-0.2, 0) is 0 Å². The highest BCUT2D eigenvalue weighted by molar-refractivity contribution is 6.31. The fourth-order valence-corrected chi connectivity index (χ4v) is 2.30. The fraction of sp³-hybridized carbons (Fsp3) is 0.0588. The van der Waals surface area contributed by atoms with Gasteiger partial charge in [-0.25, -0.2) is 4.68 Å². The molecule has 3 rings (SSSR count). The summed E-state index contributed by atoms with van der Waals surface area (Å²) in [6, 6.07) is 11.5. The van der Waals surface area contributed by atoms with Crippen molar-refractivity contribution >= 4 is 23.4 Å². The number of hydrazine groups is 1. The average molecular weight is 372 g/mol. The normalized spacial score (nSPS) is 10.4. The summed E-state index contributed by atoms with van der Waals surface area (Å²) >= 11 is 5.79. The maximum Gasteiger partial charge on any atom is 0.291 e. The number of carbonyl (C=O) groups is 2. The molecule has 1 aromatic heterocycles. The summed E-state index contributed by atoms with van der Waals surface area (Å²) in [5.41, 5.74) is 6.18. The number of carbonyl (C=O) groups excluding carboxylic acids is 2. The summed E-state index contributed by atoms with van der Waals surface area (Å²) < 4.78 is 1.44. The van der Waals surface area contributed by atoms with Crippen molar-refractivity contribution in [3.63, 3.8) is 0 Å². The van der Waals surface area contributed by atoms with Crippen molar-refractivity contribution < 1.29 is 14.7 Å². The maximum absolute atomic E-state index is 12.1. The second kappa shape index (κ2) is 7.24. The van der Waals surface area contributed by atoms with Crippen LogP contribution in [0.3, 0.4) is 0 Å². The lowest BCUT2D eigenvalue weighted by molar-refractivity contribution is 0.0842. The van der Waals surface area contributed by atoms with E-state index < -0.39 is 11.8 Å². The third kappa shape index (κ3) is 3.81. The number of hydrogen-bond acceptors (Lipinski definition) is 5. The lowest BCUT2D eigenvalue weighted by atomic mass is 10.2. The molecule has 2 amide bonds. The lowest BCUT2D eigenvalue weighted by Gasteiger charge is -2.07. The number of phenolic OH excluding ortho intramolecular Hbond substituents is 1. The van der Waals surface area contributed by atoms with Crippen LogP contribution in [0.25, 0.3) is 5.69 Å². The number of hydrogen-bond donors (Lipinski definition) is 3. The van der Waals surface area contributed by atoms with Gasteiger partial charge < -0.3 is 5.11 Å². The van der Waals surface area contributed by atoms with Crippen LogP contribution in [0.15, 0.2) is 48.7 Å². The van der Waals surface area contributed by atoms with Gasteiger partial charge in [0.25, 0.3) is 11.8 Å². The number of halogens is 1. The van der Waals surface area contributed by atoms with Crippen LogP contribution in [-0.4, -0.2) is 31.9 Å². The van der Waals surface area contributed by atoms with Crippen molar-refractivity contribution in [3.8, 4) is 11.4 Å². The largest absolute Gasteiger partial charge is 0.507 e. The zero-order chi connectivity index (χ0) is 18.7. The van der Waals surface area contributed by atoms with Gasteiger partial charge in [0.05, 0.1) is 17.4 Å². The van der Waals surface area contributed by atoms with Crippen LogP contribution in [0.5, 0.6) is 5.75 Å². The zero-order valence-corrected chi connectivity index (χ0v) is 14.4. The molecule has 132 valence electrons. The highest BCUT2D eigenvalue weighted by atomic mass is 35.5. The van der Waals surface area contributed by atoms with Gasteiger partial charge in [0, 0.05) is 5.02 Å². The second-order valence-corrected chi connectivity index (χ2v) is 5.89. The molecule has 1 heterocycles. The van der Waals surface area contributed by atoms with Crippen LogP contribution in [0.4, 0.5) is 0 Å². The molecule has 0 aliphatic heterocycles. The summed E-state index contributed by atoms with van der Waals surface area (Å²) in [6.07, 6.45) is 1.43. The van der Waals surface area contributed by atoms with Crippen LogP contribution in [0.2, 0.25) is 5.02 Å². The van der Waals surface area contributed by atoms with Crippen molar-refractivity contribution in [2.45, 2.75) is 6.92 Å². The van der Waals surface area contributed by atoms with Gasteiger partial charge in [-0.2, -0.15) is 0 Å². The smallest absolute Gasteiger partial charge is 0.291 e. The number of amides is 2. The Morgan fingerprint density at radius 2 is 1.77 bits per heavy atom. The van der Waals surface area contributed by atoms with Crippen LogP contribution < -0.4 is 10.9 Å². The van der Waals surface area contributed by atoms with Gasteiger partial charge >= 0.3 is 0 Å². The minimum Gasteiger partial charge on any atom is -0.507 e. The Labute approximate surface area is 153 Å². The molecule has 0 radical (unpaired) electrons. The van der Waals surface area contributed by atoms with E-state index in [0.717, 1.165) is 11.3 Å². The molecule has 0 saturated heterocycles. The van der Waals surface area contributed by atoms with E-state index in [1.807, 2.05) is 31.2 Å². The Bertz CT molecular complexity index is 969. The summed E-state index contributed by atoms with van der Waals surface area (Å²) in [7, 11) is 0. The molecule has 0 spiro atoms. The highest BCUT2D eigenvalue weighted by Crippen LogP contribution is 2.21. The van der Waals surface area contributed by atoms with Crippen LogP contribution in [0, 0.1) is 6.92 Å². The van der Waals surface area contributed by atoms with E-state index in [0.29, 0.717) is 0 Å². The molecule has 3 N–H and O–H groups in total. The molecule has 26 heavy (non-hydrogen) atoms. The van der Waals surface area contributed by atoms with Gasteiger partial charge in [-0.3, -0.25) is 20.4 Å². The van der Waals surface area contributed by atoms with Gasteiger partial charge in [-0.1, -0.05) is 34.5 Å². The third-order valence-electron chi connectivity index (χ3n) is 3.52. The number of phenols is 1. The predicted octanol–water partition coefficient (Wildman–Crippen LogP) is 2.01. The Morgan fingerprint density at radius 1 is 1.08 bits per heavy atom. The Kier molecular flexibility index (Phi) is 4.85. The Hall–Kier alpha value is -3.39. The SMILES string of the molecule is Cc1ccc(-n2cc(C(=O)NNC(=O)c3cc(Cl)ccc3O)nn2)cc1. The highest BCUT2D eigenvalue weighted by Gasteiger charge is 2.15. The predicted molar refractivity (Wildman–Crippen MR) is 94.1 cm³/mol. The first-order valence-corrected chi connectivity index (χ1v) is 7.90. The average Bonchev–Trinajstić information content (AvgIpc) is 3.12. The number of benzene rings is 2. The molecule has 0 aliphatic rings. The van der Waals surface area contributed by atoms with E-state index >= 15 is 0 Å². The van der Waals surface area contributed by atoms with Gasteiger partial charge in [-0.05, 0) is 37.3 Å². The quantitative estimate of drug-likeness (QED) is 0.610. The standard InChI is InChI=1S/C17H14ClN5O3/c1-10-2-5-12(6-3-10)23-9-14(19-22-23)17(26)21-20-16(25)13-8-11(18)4-7-15(13)24/h2-9,24H,1H3,(H,20,25)(H,21,26). The second-order valence-electron chi connectivity index (χ2n) is 5.45. The summed E-state index contributed by atoms with van der Waals surface area (Å²) in [4.78, 5) is 24.1. The molecule has 0 aliphatic carbocycles. The first-order chi connectivity index (χ1) is 12.4. The lowest BCUT2D eigenvalue weighted by Crippen LogP contribution is -2.41. The third-order valence-corrected chi connectivity index (χ3v) is 3.75. The van der Waals surface area contributed by atoms with E-state index in [1.165, 1.54) is 29.1 Å². The molecular formula is C17H14ClN5O3. The van der Waals surface area contributed by atoms with Gasteiger partial charge in [0.15, 0.2) is 5.69 Å². The topological polar surface area (TPSA) is 109 Å². The van der Waals surface area contributed by atoms with Crippen LogP contribution in [0.1, 0.15) is 26.4 Å². The fourth-order valence-electron chi connectivity index (χ4n) is 2.13. The monoisotopic (exact) mass is 371 g/mol. The van der Waals surface area contributed by atoms with Crippen molar-refractivity contribution in [2.24, 2.45) is 0 Å². The molecule has 0 unspecified atom stereocenters. The van der Waals surface area contributed by atoms with E-state index in [9.17, 15) is 14.7 Å². The van der Waals surface area contributed by atoms with Gasteiger partial charge in [0.2, 0.25) is 0 Å². The first-order valence-electron chi connectivity index (χ1n) is 7.52. The van der Waals surface area contributed by atoms with E-state index in [1.54, 1.807) is 0 Å². The molecule has 0 bridgehead atoms. The van der Waals surface area contributed by atoms with Crippen molar-refractivity contribution in [2.75, 3.05) is 0 Å². The Balaban J connectivity index is 1.66. The zero-order valence-electron chi connectivity index (χ0n) is 13.6. The molecule has 3 aromatic rings. The Morgan fingerprint density at radius 3 is 2.50 bits per heavy atom. The minimum atomic E-state index is -0.718. The number of aromatic nitrogens is 3. The first kappa shape index (κ1) is 17.4. The van der Waals surface area contributed by atoms with Crippen molar-refractivity contribution in [1.82, 2.24) is 25.8 Å². The summed E-state index contributed by atoms with van der Waals surface area (Å²) in [6.45, 7) is 1.96. The summed E-state index contributed by atoms with van der Waals surface area (Å²) in [5.74, 6) is -1.63. The van der Waals surface area contributed by atoms with Crippen LogP contribution >= 0.6 is 11.6 Å². The number of nitrogens with zero attached hydrogens (tertiary/aromatic N) is 3. The van der Waals surface area contributed by atoms with Gasteiger partial charge in [0.1, 0.15) is 5.75 Å². The number of nitrogens with one attached hydrogen (secondary N) is 2. The van der Waals surface area contributed by atoms with Crippen molar-refractivity contribution in [1.29, 1.82) is 0 Å². The maximum atomic E-state index is 12.1. The minimum absolute atomic E-state index is 0.0150. The molecule has 0 fully saturated rings. The molecular weight excluding hydrogens is 358 g/mol. The molecule has 2 aromatic carbocycles. The molecule has 0 atom stereocenters. The van der Waals surface area contributed by atoms with Crippen molar-refractivity contribution in [3.05, 3.63) is 70.5 Å². The number of rotatable bonds is 3. The van der Waals surface area contributed by atoms with Gasteiger partial charge in [-0.15, -0.1) is 5.10 Å². The van der Waals surface area contributed by atoms with E-state index in [4.69, 9.17) is 11.6 Å². The van der Waals surface area contributed by atoms with E-state index in [2.05, 4.69) is 21.2 Å².